The first-order chi connectivity index (χ1) is 8.51. The molecule has 0 aliphatic rings. The van der Waals surface area contributed by atoms with Crippen molar-refractivity contribution in [3.8, 4) is 5.75 Å². The van der Waals surface area contributed by atoms with Crippen LogP contribution in [0.2, 0.25) is 0 Å². The molecular weight excluding hydrogens is 240 g/mol. The number of aryl methyl sites for hydroxylation is 1. The Balaban J connectivity index is 3.50. The van der Waals surface area contributed by atoms with Crippen LogP contribution in [0.3, 0.4) is 0 Å². The van der Waals surface area contributed by atoms with Gasteiger partial charge < -0.3 is 9.84 Å². The minimum absolute atomic E-state index is 0.0429. The maximum atomic E-state index is 11.9. The van der Waals surface area contributed by atoms with Gasteiger partial charge in [-0.2, -0.15) is 0 Å². The summed E-state index contributed by atoms with van der Waals surface area (Å²) in [5.74, 6) is -0.215. The van der Waals surface area contributed by atoms with E-state index in [1.54, 1.807) is 19.9 Å². The van der Waals surface area contributed by atoms with Crippen molar-refractivity contribution in [2.45, 2.75) is 52.4 Å². The number of phenols is 1. The topological polar surface area (TPSA) is 46.5 Å². The monoisotopic (exact) mass is 264 g/mol. The van der Waals surface area contributed by atoms with Crippen molar-refractivity contribution in [1.29, 1.82) is 0 Å². The number of aromatic hydroxyl groups is 1. The molecule has 1 aromatic rings. The lowest BCUT2D eigenvalue weighted by Gasteiger charge is -2.28. The Morgan fingerprint density at radius 1 is 1.11 bits per heavy atom. The number of ether oxygens (including phenoxy) is 1. The van der Waals surface area contributed by atoms with Crippen molar-refractivity contribution in [2.75, 3.05) is 7.11 Å². The number of hydrogen-bond donors (Lipinski definition) is 1. The molecule has 1 rings (SSSR count). The first kappa shape index (κ1) is 15.5. The highest BCUT2D eigenvalue weighted by Gasteiger charge is 2.34. The molecule has 0 radical (unpaired) electrons. The summed E-state index contributed by atoms with van der Waals surface area (Å²) in [5.41, 5.74) is 1.84. The van der Waals surface area contributed by atoms with Gasteiger partial charge in [0.2, 0.25) is 0 Å². The van der Waals surface area contributed by atoms with E-state index in [9.17, 15) is 9.90 Å². The average Bonchev–Trinajstić information content (AvgIpc) is 2.25. The standard InChI is InChI=1S/C16H24O3/c1-10-8-13(17)12(9-11(10)15(2,3)4)16(5,6)14(18)19-7/h8-9,17H,1-7H3. The number of methoxy groups -OCH3 is 1. The van der Waals surface area contributed by atoms with Gasteiger partial charge >= 0.3 is 5.97 Å². The van der Waals surface area contributed by atoms with Gasteiger partial charge in [-0.3, -0.25) is 4.79 Å². The van der Waals surface area contributed by atoms with Crippen molar-refractivity contribution in [1.82, 2.24) is 0 Å². The predicted octanol–water partition coefficient (Wildman–Crippen LogP) is 3.45. The van der Waals surface area contributed by atoms with E-state index in [1.165, 1.54) is 7.11 Å². The molecule has 0 aliphatic carbocycles. The quantitative estimate of drug-likeness (QED) is 0.832. The van der Waals surface area contributed by atoms with Crippen molar-refractivity contribution < 1.29 is 14.6 Å². The predicted molar refractivity (Wildman–Crippen MR) is 76.6 cm³/mol. The third-order valence-electron chi connectivity index (χ3n) is 3.52. The maximum absolute atomic E-state index is 11.9. The molecule has 106 valence electrons. The van der Waals surface area contributed by atoms with Gasteiger partial charge in [-0.15, -0.1) is 0 Å². The van der Waals surface area contributed by atoms with Gasteiger partial charge in [0.15, 0.2) is 0 Å². The number of carbonyl (C=O) groups is 1. The van der Waals surface area contributed by atoms with E-state index >= 15 is 0 Å². The Hall–Kier alpha value is -1.51. The van der Waals surface area contributed by atoms with E-state index < -0.39 is 5.41 Å². The van der Waals surface area contributed by atoms with Crippen LogP contribution in [-0.4, -0.2) is 18.2 Å². The number of hydrogen-bond acceptors (Lipinski definition) is 3. The third kappa shape index (κ3) is 2.91. The zero-order valence-corrected chi connectivity index (χ0v) is 12.9. The highest BCUT2D eigenvalue weighted by atomic mass is 16.5. The lowest BCUT2D eigenvalue weighted by Crippen LogP contribution is -2.31. The first-order valence-corrected chi connectivity index (χ1v) is 6.44. The van der Waals surface area contributed by atoms with Gasteiger partial charge in [-0.1, -0.05) is 26.8 Å². The number of carbonyl (C=O) groups excluding carboxylic acids is 1. The third-order valence-corrected chi connectivity index (χ3v) is 3.52. The zero-order chi connectivity index (χ0) is 15.0. The second-order valence-corrected chi connectivity index (χ2v) is 6.55. The number of rotatable bonds is 2. The summed E-state index contributed by atoms with van der Waals surface area (Å²) >= 11 is 0. The lowest BCUT2D eigenvalue weighted by molar-refractivity contribution is -0.146. The van der Waals surface area contributed by atoms with E-state index in [4.69, 9.17) is 4.74 Å². The van der Waals surface area contributed by atoms with Crippen LogP contribution in [0.15, 0.2) is 12.1 Å². The molecule has 1 N–H and O–H groups in total. The van der Waals surface area contributed by atoms with Crippen LogP contribution in [0.4, 0.5) is 0 Å². The van der Waals surface area contributed by atoms with E-state index in [0.717, 1.165) is 11.1 Å². The summed E-state index contributed by atoms with van der Waals surface area (Å²) in [6, 6.07) is 3.64. The molecule has 1 aromatic carbocycles. The van der Waals surface area contributed by atoms with Crippen molar-refractivity contribution >= 4 is 5.97 Å². The summed E-state index contributed by atoms with van der Waals surface area (Å²) in [5, 5.41) is 10.2. The Morgan fingerprint density at radius 2 is 1.63 bits per heavy atom. The molecule has 0 atom stereocenters. The molecule has 0 heterocycles. The molecular formula is C16H24O3. The Labute approximate surface area is 115 Å². The molecule has 0 saturated carbocycles. The summed E-state index contributed by atoms with van der Waals surface area (Å²) in [6.45, 7) is 11.8. The van der Waals surface area contributed by atoms with Crippen LogP contribution < -0.4 is 0 Å². The highest BCUT2D eigenvalue weighted by molar-refractivity contribution is 5.83. The van der Waals surface area contributed by atoms with Gasteiger partial charge in [-0.25, -0.2) is 0 Å². The summed E-state index contributed by atoms with van der Waals surface area (Å²) in [7, 11) is 1.36. The summed E-state index contributed by atoms with van der Waals surface area (Å²) < 4.78 is 4.83. The van der Waals surface area contributed by atoms with E-state index in [-0.39, 0.29) is 17.1 Å². The molecule has 0 unspecified atom stereocenters. The van der Waals surface area contributed by atoms with E-state index in [0.29, 0.717) is 5.56 Å². The molecule has 0 spiro atoms. The normalized spacial score (nSPS) is 12.4. The molecule has 19 heavy (non-hydrogen) atoms. The number of phenolic OH excluding ortho intramolecular Hbond substituents is 1. The minimum atomic E-state index is -0.869. The molecule has 0 saturated heterocycles. The molecule has 0 fully saturated rings. The van der Waals surface area contributed by atoms with Crippen LogP contribution in [0.1, 0.15) is 51.3 Å². The van der Waals surface area contributed by atoms with Gasteiger partial charge in [0, 0.05) is 5.56 Å². The summed E-state index contributed by atoms with van der Waals surface area (Å²) in [4.78, 5) is 11.9. The Kier molecular flexibility index (Phi) is 3.99. The lowest BCUT2D eigenvalue weighted by atomic mass is 9.77. The van der Waals surface area contributed by atoms with Gasteiger partial charge in [0.05, 0.1) is 12.5 Å². The number of benzene rings is 1. The maximum Gasteiger partial charge on any atom is 0.315 e. The minimum Gasteiger partial charge on any atom is -0.508 e. The summed E-state index contributed by atoms with van der Waals surface area (Å²) in [6.07, 6.45) is 0. The van der Waals surface area contributed by atoms with Gasteiger partial charge in [0.1, 0.15) is 5.75 Å². The molecule has 3 heteroatoms. The Bertz CT molecular complexity index is 493. The van der Waals surface area contributed by atoms with Crippen LogP contribution in [0.5, 0.6) is 5.75 Å². The van der Waals surface area contributed by atoms with Crippen molar-refractivity contribution in [3.63, 3.8) is 0 Å². The smallest absolute Gasteiger partial charge is 0.315 e. The fourth-order valence-electron chi connectivity index (χ4n) is 2.37. The first-order valence-electron chi connectivity index (χ1n) is 6.44. The molecule has 0 amide bonds. The molecule has 0 aromatic heterocycles. The van der Waals surface area contributed by atoms with Crippen LogP contribution in [-0.2, 0) is 20.4 Å². The largest absolute Gasteiger partial charge is 0.508 e. The molecule has 0 bridgehead atoms. The second-order valence-electron chi connectivity index (χ2n) is 6.55. The van der Waals surface area contributed by atoms with Gasteiger partial charge in [-0.05, 0) is 43.4 Å². The van der Waals surface area contributed by atoms with Crippen molar-refractivity contribution in [2.24, 2.45) is 0 Å². The fraction of sp³-hybridized carbons (Fsp3) is 0.562. The molecule has 0 aliphatic heterocycles. The van der Waals surface area contributed by atoms with Crippen LogP contribution in [0.25, 0.3) is 0 Å². The number of esters is 1. The van der Waals surface area contributed by atoms with E-state index in [2.05, 4.69) is 20.8 Å². The van der Waals surface area contributed by atoms with Crippen LogP contribution in [0, 0.1) is 6.92 Å². The van der Waals surface area contributed by atoms with Gasteiger partial charge in [0.25, 0.3) is 0 Å². The SMILES string of the molecule is COC(=O)C(C)(C)c1cc(C(C)(C)C)c(C)cc1O. The van der Waals surface area contributed by atoms with Crippen molar-refractivity contribution in [3.05, 3.63) is 28.8 Å². The molecule has 3 nitrogen and oxygen atoms in total. The average molecular weight is 264 g/mol. The van der Waals surface area contributed by atoms with E-state index in [1.807, 2.05) is 13.0 Å². The highest BCUT2D eigenvalue weighted by Crippen LogP contribution is 2.37. The zero-order valence-electron chi connectivity index (χ0n) is 12.9. The van der Waals surface area contributed by atoms with Crippen LogP contribution >= 0.6 is 0 Å². The second kappa shape index (κ2) is 4.87. The Morgan fingerprint density at radius 3 is 2.05 bits per heavy atom. The fourth-order valence-corrected chi connectivity index (χ4v) is 2.37.